The number of carbonyl (C=O) groups excluding carboxylic acids is 1. The number of hydrogen-bond acceptors (Lipinski definition) is 2. The Labute approximate surface area is 150 Å². The molecule has 2 unspecified atom stereocenters. The lowest BCUT2D eigenvalue weighted by atomic mass is 9.61. The van der Waals surface area contributed by atoms with Crippen molar-refractivity contribution >= 4 is 5.78 Å². The van der Waals surface area contributed by atoms with Gasteiger partial charge in [0.2, 0.25) is 0 Å². The molecule has 0 amide bonds. The van der Waals surface area contributed by atoms with E-state index in [1.165, 1.54) is 22.5 Å². The first-order valence-electron chi connectivity index (χ1n) is 9.35. The van der Waals surface area contributed by atoms with Gasteiger partial charge in [-0.25, -0.2) is 0 Å². The summed E-state index contributed by atoms with van der Waals surface area (Å²) in [6.45, 7) is 8.20. The summed E-state index contributed by atoms with van der Waals surface area (Å²) in [5, 5.41) is 4.90. The fourth-order valence-corrected chi connectivity index (χ4v) is 4.42. The molecule has 0 fully saturated rings. The van der Waals surface area contributed by atoms with Crippen LogP contribution in [0.5, 0.6) is 0 Å². The Balaban J connectivity index is 0.000000880. The first-order chi connectivity index (χ1) is 12.0. The summed E-state index contributed by atoms with van der Waals surface area (Å²) in [6, 6.07) is 10.5. The number of fused-ring (bicyclic) bond motifs is 3. The average Bonchev–Trinajstić information content (AvgIpc) is 2.96. The Hall–Kier alpha value is -2.16. The summed E-state index contributed by atoms with van der Waals surface area (Å²) in [4.78, 5) is 12.1. The average molecular weight is 336 g/mol. The third-order valence-corrected chi connectivity index (χ3v) is 5.68. The minimum Gasteiger partial charge on any atom is -0.295 e. The van der Waals surface area contributed by atoms with Crippen LogP contribution in [0, 0.1) is 5.92 Å². The van der Waals surface area contributed by atoms with E-state index in [0.717, 1.165) is 18.4 Å². The van der Waals surface area contributed by atoms with Gasteiger partial charge in [0.05, 0.1) is 11.4 Å². The molecule has 1 aromatic carbocycles. The maximum atomic E-state index is 12.1. The van der Waals surface area contributed by atoms with Gasteiger partial charge in [-0.2, -0.15) is 5.10 Å². The van der Waals surface area contributed by atoms with Crippen molar-refractivity contribution in [2.24, 2.45) is 13.0 Å². The van der Waals surface area contributed by atoms with Crippen LogP contribution >= 0.6 is 0 Å². The van der Waals surface area contributed by atoms with Gasteiger partial charge in [0.15, 0.2) is 5.78 Å². The van der Waals surface area contributed by atoms with Gasteiger partial charge >= 0.3 is 0 Å². The first kappa shape index (κ1) is 17.7. The van der Waals surface area contributed by atoms with E-state index in [4.69, 9.17) is 5.10 Å². The zero-order valence-corrected chi connectivity index (χ0v) is 16.0. The van der Waals surface area contributed by atoms with E-state index in [1.807, 2.05) is 38.6 Å². The molecule has 1 aromatic heterocycles. The van der Waals surface area contributed by atoms with Crippen molar-refractivity contribution in [1.29, 1.82) is 0 Å². The summed E-state index contributed by atoms with van der Waals surface area (Å²) in [5.41, 5.74) is 5.75. The summed E-state index contributed by atoms with van der Waals surface area (Å²) >= 11 is 0. The van der Waals surface area contributed by atoms with Crippen LogP contribution in [-0.4, -0.2) is 15.6 Å². The van der Waals surface area contributed by atoms with Crippen molar-refractivity contribution < 1.29 is 4.79 Å². The number of Topliss-reactive ketones (excluding diaryl/α,β-unsaturated/α-hetero) is 1. The Morgan fingerprint density at radius 3 is 2.56 bits per heavy atom. The number of hydrogen-bond donors (Lipinski definition) is 0. The molecule has 0 spiro atoms. The molecular formula is C22H28N2O. The molecule has 0 N–H and O–H groups in total. The van der Waals surface area contributed by atoms with E-state index in [-0.39, 0.29) is 5.41 Å². The van der Waals surface area contributed by atoms with Gasteiger partial charge in [-0.3, -0.25) is 9.48 Å². The molecule has 0 aliphatic heterocycles. The highest BCUT2D eigenvalue weighted by Gasteiger charge is 2.45. The van der Waals surface area contributed by atoms with Crippen LogP contribution in [0.2, 0.25) is 0 Å². The molecular weight excluding hydrogens is 308 g/mol. The van der Waals surface area contributed by atoms with E-state index in [0.29, 0.717) is 18.1 Å². The lowest BCUT2D eigenvalue weighted by molar-refractivity contribution is -0.117. The summed E-state index contributed by atoms with van der Waals surface area (Å²) in [5.74, 6) is 0.680. The second-order valence-corrected chi connectivity index (χ2v) is 7.14. The Bertz CT molecular complexity index is 816. The monoisotopic (exact) mass is 336 g/mol. The predicted molar refractivity (Wildman–Crippen MR) is 103 cm³/mol. The van der Waals surface area contributed by atoms with Crippen molar-refractivity contribution in [3.05, 3.63) is 53.2 Å². The summed E-state index contributed by atoms with van der Waals surface area (Å²) < 4.78 is 2.02. The number of nitrogens with zero attached hydrogens (tertiary/aromatic N) is 2. The Kier molecular flexibility index (Phi) is 4.68. The Morgan fingerprint density at radius 1 is 1.20 bits per heavy atom. The number of ketones is 1. The third-order valence-electron chi connectivity index (χ3n) is 5.68. The van der Waals surface area contributed by atoms with Crippen LogP contribution in [0.1, 0.15) is 51.8 Å². The molecule has 25 heavy (non-hydrogen) atoms. The topological polar surface area (TPSA) is 34.9 Å². The van der Waals surface area contributed by atoms with Crippen molar-refractivity contribution in [2.75, 3.05) is 0 Å². The lowest BCUT2D eigenvalue weighted by Gasteiger charge is -2.41. The molecule has 2 atom stereocenters. The number of aryl methyl sites for hydroxylation is 1. The number of aromatic nitrogens is 2. The highest BCUT2D eigenvalue weighted by atomic mass is 16.1. The molecule has 2 aliphatic carbocycles. The minimum absolute atomic E-state index is 0.115. The molecule has 2 aromatic rings. The van der Waals surface area contributed by atoms with Crippen molar-refractivity contribution in [1.82, 2.24) is 9.78 Å². The van der Waals surface area contributed by atoms with Gasteiger partial charge in [-0.1, -0.05) is 57.2 Å². The van der Waals surface area contributed by atoms with Crippen molar-refractivity contribution in [2.45, 2.75) is 52.4 Å². The van der Waals surface area contributed by atoms with Gasteiger partial charge in [-0.15, -0.1) is 0 Å². The molecule has 0 bridgehead atoms. The number of allylic oxidation sites excluding steroid dienone is 2. The molecule has 3 nitrogen and oxygen atoms in total. The van der Waals surface area contributed by atoms with Crippen molar-refractivity contribution in [3.63, 3.8) is 0 Å². The third kappa shape index (κ3) is 2.76. The fraction of sp³-hybridized carbons (Fsp3) is 0.455. The molecule has 0 radical (unpaired) electrons. The van der Waals surface area contributed by atoms with Crippen LogP contribution in [0.15, 0.2) is 42.0 Å². The van der Waals surface area contributed by atoms with Crippen LogP contribution in [0.3, 0.4) is 0 Å². The minimum atomic E-state index is -0.115. The van der Waals surface area contributed by atoms with Gasteiger partial charge < -0.3 is 0 Å². The van der Waals surface area contributed by atoms with Gasteiger partial charge in [0.25, 0.3) is 0 Å². The molecule has 4 rings (SSSR count). The zero-order valence-electron chi connectivity index (χ0n) is 16.0. The van der Waals surface area contributed by atoms with Crippen LogP contribution in [0.25, 0.3) is 11.3 Å². The molecule has 0 saturated heterocycles. The van der Waals surface area contributed by atoms with E-state index in [2.05, 4.69) is 37.3 Å². The maximum Gasteiger partial charge on any atom is 0.158 e. The molecule has 3 heteroatoms. The standard InChI is InChI=1S/C20H22N2O.C2H6/c1-13-12-20(2)15(11-17(13)23)9-10-16-18(22(3)21-19(16)20)14-7-5-4-6-8-14;1-2/h4-8,12,15H,9-11H2,1-3H3;1-2H3. The first-order valence-corrected chi connectivity index (χ1v) is 9.35. The van der Waals surface area contributed by atoms with Gasteiger partial charge in [0.1, 0.15) is 0 Å². The van der Waals surface area contributed by atoms with E-state index >= 15 is 0 Å². The van der Waals surface area contributed by atoms with Gasteiger partial charge in [0, 0.05) is 30.0 Å². The summed E-state index contributed by atoms with van der Waals surface area (Å²) in [6.07, 6.45) is 4.90. The lowest BCUT2D eigenvalue weighted by Crippen LogP contribution is -2.40. The molecule has 2 aliphatic rings. The zero-order chi connectivity index (χ0) is 18.2. The van der Waals surface area contributed by atoms with Crippen LogP contribution < -0.4 is 0 Å². The second-order valence-electron chi connectivity index (χ2n) is 7.14. The van der Waals surface area contributed by atoms with E-state index in [9.17, 15) is 4.79 Å². The highest BCUT2D eigenvalue weighted by Crippen LogP contribution is 2.49. The number of rotatable bonds is 1. The largest absolute Gasteiger partial charge is 0.295 e. The van der Waals surface area contributed by atoms with Crippen LogP contribution in [0.4, 0.5) is 0 Å². The van der Waals surface area contributed by atoms with Crippen LogP contribution in [-0.2, 0) is 23.7 Å². The predicted octanol–water partition coefficient (Wildman–Crippen LogP) is 4.85. The maximum absolute atomic E-state index is 12.1. The Morgan fingerprint density at radius 2 is 1.88 bits per heavy atom. The van der Waals surface area contributed by atoms with E-state index in [1.54, 1.807) is 0 Å². The molecule has 132 valence electrons. The SMILES string of the molecule is CC.CC1=CC2(C)c3nn(C)c(-c4ccccc4)c3CCC2CC1=O. The second kappa shape index (κ2) is 6.62. The van der Waals surface area contributed by atoms with Gasteiger partial charge in [-0.05, 0) is 31.3 Å². The molecule has 1 heterocycles. The number of benzene rings is 1. The normalized spacial score (nSPS) is 24.6. The molecule has 0 saturated carbocycles. The van der Waals surface area contributed by atoms with Crippen molar-refractivity contribution in [3.8, 4) is 11.3 Å². The quantitative estimate of drug-likeness (QED) is 0.746. The number of carbonyl (C=O) groups is 1. The smallest absolute Gasteiger partial charge is 0.158 e. The fourth-order valence-electron chi connectivity index (χ4n) is 4.42. The van der Waals surface area contributed by atoms with E-state index < -0.39 is 0 Å². The summed E-state index contributed by atoms with van der Waals surface area (Å²) in [7, 11) is 2.03. The highest BCUT2D eigenvalue weighted by molar-refractivity contribution is 5.96.